The molecule has 8 heteroatoms. The van der Waals surface area contributed by atoms with Crippen molar-refractivity contribution >= 4 is 34.1 Å². The van der Waals surface area contributed by atoms with E-state index < -0.39 is 0 Å². The summed E-state index contributed by atoms with van der Waals surface area (Å²) in [4.78, 5) is 0. The number of halogens is 1. The van der Waals surface area contributed by atoms with Crippen LogP contribution in [0.4, 0.5) is 11.5 Å². The van der Waals surface area contributed by atoms with Crippen molar-refractivity contribution < 1.29 is 4.74 Å². The highest BCUT2D eigenvalue weighted by molar-refractivity contribution is 6.31. The first-order chi connectivity index (χ1) is 13.2. The monoisotopic (exact) mass is 380 g/mol. The molecular formula is C19H17ClN6O. The summed E-state index contributed by atoms with van der Waals surface area (Å²) in [6.45, 7) is 2.35. The maximum absolute atomic E-state index is 6.30. The van der Waals surface area contributed by atoms with Gasteiger partial charge in [-0.3, -0.25) is 0 Å². The van der Waals surface area contributed by atoms with Gasteiger partial charge in [0, 0.05) is 10.7 Å². The van der Waals surface area contributed by atoms with Gasteiger partial charge in [0.15, 0.2) is 5.82 Å². The average Bonchev–Trinajstić information content (AvgIpc) is 3.11. The standard InChI is InChI=1S/C19H17ClN6O/c1-12-17-18(26(25-23-17)11-13-5-3-4-6-16(13)20)19(24-22-12)21-14-7-9-15(27-2)10-8-14/h3-10H,11H2,1-2H3,(H,21,24). The van der Waals surface area contributed by atoms with Crippen molar-refractivity contribution in [2.24, 2.45) is 0 Å². The Bertz CT molecular complexity index is 1090. The number of hydrogen-bond acceptors (Lipinski definition) is 6. The molecule has 27 heavy (non-hydrogen) atoms. The van der Waals surface area contributed by atoms with Crippen LogP contribution in [0.2, 0.25) is 5.02 Å². The number of hydrogen-bond donors (Lipinski definition) is 1. The van der Waals surface area contributed by atoms with E-state index in [0.717, 1.165) is 28.2 Å². The number of nitrogens with one attached hydrogen (secondary N) is 1. The van der Waals surface area contributed by atoms with Crippen LogP contribution in [0.1, 0.15) is 11.3 Å². The smallest absolute Gasteiger partial charge is 0.181 e. The minimum absolute atomic E-state index is 0.485. The number of rotatable bonds is 5. The molecule has 0 aliphatic heterocycles. The third kappa shape index (κ3) is 3.41. The van der Waals surface area contributed by atoms with Gasteiger partial charge >= 0.3 is 0 Å². The Kier molecular flexibility index (Phi) is 4.60. The molecule has 2 heterocycles. The number of aromatic nitrogens is 5. The van der Waals surface area contributed by atoms with E-state index in [1.54, 1.807) is 11.8 Å². The van der Waals surface area contributed by atoms with Gasteiger partial charge in [0.2, 0.25) is 0 Å². The van der Waals surface area contributed by atoms with Crippen LogP contribution in [-0.2, 0) is 6.54 Å². The van der Waals surface area contributed by atoms with Gasteiger partial charge < -0.3 is 10.1 Å². The van der Waals surface area contributed by atoms with Crippen molar-refractivity contribution in [3.05, 3.63) is 64.8 Å². The highest BCUT2D eigenvalue weighted by Gasteiger charge is 2.16. The first-order valence-electron chi connectivity index (χ1n) is 8.36. The van der Waals surface area contributed by atoms with Gasteiger partial charge in [-0.05, 0) is 42.8 Å². The van der Waals surface area contributed by atoms with E-state index >= 15 is 0 Å². The number of benzene rings is 2. The highest BCUT2D eigenvalue weighted by Crippen LogP contribution is 2.26. The summed E-state index contributed by atoms with van der Waals surface area (Å²) in [5.41, 5.74) is 4.01. The summed E-state index contributed by atoms with van der Waals surface area (Å²) in [5, 5.41) is 21.1. The van der Waals surface area contributed by atoms with Crippen molar-refractivity contribution in [3.63, 3.8) is 0 Å². The van der Waals surface area contributed by atoms with Crippen molar-refractivity contribution in [1.82, 2.24) is 25.2 Å². The Morgan fingerprint density at radius 3 is 2.56 bits per heavy atom. The van der Waals surface area contributed by atoms with E-state index in [4.69, 9.17) is 16.3 Å². The Hall–Kier alpha value is -3.19. The number of nitrogens with zero attached hydrogens (tertiary/aromatic N) is 5. The van der Waals surface area contributed by atoms with Crippen molar-refractivity contribution in [2.75, 3.05) is 12.4 Å². The fourth-order valence-electron chi connectivity index (χ4n) is 2.80. The number of anilines is 2. The van der Waals surface area contributed by atoms with Crippen molar-refractivity contribution in [1.29, 1.82) is 0 Å². The Morgan fingerprint density at radius 2 is 1.81 bits per heavy atom. The van der Waals surface area contributed by atoms with Crippen LogP contribution in [0.25, 0.3) is 11.0 Å². The highest BCUT2D eigenvalue weighted by atomic mass is 35.5. The summed E-state index contributed by atoms with van der Waals surface area (Å²) < 4.78 is 6.98. The molecule has 0 aliphatic carbocycles. The van der Waals surface area contributed by atoms with Crippen molar-refractivity contribution in [3.8, 4) is 5.75 Å². The van der Waals surface area contributed by atoms with E-state index in [0.29, 0.717) is 22.9 Å². The predicted molar refractivity (Wildman–Crippen MR) is 105 cm³/mol. The normalized spacial score (nSPS) is 10.9. The molecule has 1 N–H and O–H groups in total. The summed E-state index contributed by atoms with van der Waals surface area (Å²) in [5.74, 6) is 1.36. The minimum atomic E-state index is 0.485. The third-order valence-electron chi connectivity index (χ3n) is 4.23. The lowest BCUT2D eigenvalue weighted by molar-refractivity contribution is 0.415. The lowest BCUT2D eigenvalue weighted by Crippen LogP contribution is -2.06. The molecule has 0 amide bonds. The average molecular weight is 381 g/mol. The maximum atomic E-state index is 6.30. The van der Waals surface area contributed by atoms with E-state index in [9.17, 15) is 0 Å². The fourth-order valence-corrected chi connectivity index (χ4v) is 3.00. The second-order valence-corrected chi connectivity index (χ2v) is 6.43. The SMILES string of the molecule is COc1ccc(Nc2nnc(C)c3nnn(Cc4ccccc4Cl)c23)cc1. The number of fused-ring (bicyclic) bond motifs is 1. The summed E-state index contributed by atoms with van der Waals surface area (Å²) >= 11 is 6.30. The van der Waals surface area contributed by atoms with Crippen LogP contribution < -0.4 is 10.1 Å². The van der Waals surface area contributed by atoms with E-state index in [1.165, 1.54) is 0 Å². The van der Waals surface area contributed by atoms with Crippen LogP contribution in [0.3, 0.4) is 0 Å². The molecule has 0 saturated heterocycles. The second-order valence-electron chi connectivity index (χ2n) is 6.02. The first-order valence-corrected chi connectivity index (χ1v) is 8.74. The number of aryl methyl sites for hydroxylation is 1. The van der Waals surface area contributed by atoms with Crippen LogP contribution >= 0.6 is 11.6 Å². The molecular weight excluding hydrogens is 364 g/mol. The van der Waals surface area contributed by atoms with Crippen LogP contribution in [0, 0.1) is 6.92 Å². The fraction of sp³-hybridized carbons (Fsp3) is 0.158. The van der Waals surface area contributed by atoms with Crippen LogP contribution in [0.15, 0.2) is 48.5 Å². The molecule has 0 saturated carbocycles. The predicted octanol–water partition coefficient (Wildman–Crippen LogP) is 3.98. The Balaban J connectivity index is 1.75. The van der Waals surface area contributed by atoms with E-state index in [2.05, 4.69) is 25.8 Å². The molecule has 7 nitrogen and oxygen atoms in total. The molecule has 0 unspecified atom stereocenters. The lowest BCUT2D eigenvalue weighted by Gasteiger charge is -2.10. The Morgan fingerprint density at radius 1 is 1.04 bits per heavy atom. The molecule has 136 valence electrons. The topological polar surface area (TPSA) is 77.8 Å². The molecule has 0 bridgehead atoms. The zero-order chi connectivity index (χ0) is 18.8. The molecule has 0 fully saturated rings. The summed E-state index contributed by atoms with van der Waals surface area (Å²) in [7, 11) is 1.64. The van der Waals surface area contributed by atoms with Crippen molar-refractivity contribution in [2.45, 2.75) is 13.5 Å². The van der Waals surface area contributed by atoms with Gasteiger partial charge in [-0.25, -0.2) is 4.68 Å². The van der Waals surface area contributed by atoms with Gasteiger partial charge in [0.05, 0.1) is 19.3 Å². The molecule has 0 spiro atoms. The van der Waals surface area contributed by atoms with Crippen LogP contribution in [0.5, 0.6) is 5.75 Å². The molecule has 0 radical (unpaired) electrons. The van der Waals surface area contributed by atoms with Gasteiger partial charge in [0.25, 0.3) is 0 Å². The zero-order valence-corrected chi connectivity index (χ0v) is 15.6. The quantitative estimate of drug-likeness (QED) is 0.564. The first kappa shape index (κ1) is 17.2. The zero-order valence-electron chi connectivity index (χ0n) is 14.8. The van der Waals surface area contributed by atoms with Gasteiger partial charge in [-0.15, -0.1) is 10.2 Å². The van der Waals surface area contributed by atoms with E-state index in [1.807, 2.05) is 55.5 Å². The van der Waals surface area contributed by atoms with Gasteiger partial charge in [-0.1, -0.05) is 35.0 Å². The Labute approximate surface area is 160 Å². The molecule has 0 aliphatic rings. The molecule has 4 aromatic rings. The number of methoxy groups -OCH3 is 1. The number of ether oxygens (including phenoxy) is 1. The maximum Gasteiger partial charge on any atom is 0.181 e. The van der Waals surface area contributed by atoms with E-state index in [-0.39, 0.29) is 0 Å². The summed E-state index contributed by atoms with van der Waals surface area (Å²) in [6, 6.07) is 15.2. The summed E-state index contributed by atoms with van der Waals surface area (Å²) in [6.07, 6.45) is 0. The molecule has 2 aromatic carbocycles. The van der Waals surface area contributed by atoms with Crippen LogP contribution in [-0.4, -0.2) is 32.3 Å². The van der Waals surface area contributed by atoms with Gasteiger partial charge in [-0.2, -0.15) is 5.10 Å². The molecule has 0 atom stereocenters. The minimum Gasteiger partial charge on any atom is -0.497 e. The third-order valence-corrected chi connectivity index (χ3v) is 4.60. The van der Waals surface area contributed by atoms with Gasteiger partial charge in [0.1, 0.15) is 16.8 Å². The second kappa shape index (κ2) is 7.20. The molecule has 2 aromatic heterocycles. The lowest BCUT2D eigenvalue weighted by atomic mass is 10.2. The largest absolute Gasteiger partial charge is 0.497 e. The molecule has 4 rings (SSSR count).